The van der Waals surface area contributed by atoms with Gasteiger partial charge >= 0.3 is 5.97 Å². The Morgan fingerprint density at radius 2 is 2.00 bits per heavy atom. The number of hydrogen-bond donors (Lipinski definition) is 2. The van der Waals surface area contributed by atoms with E-state index in [0.29, 0.717) is 30.0 Å². The van der Waals surface area contributed by atoms with Gasteiger partial charge in [0.15, 0.2) is 0 Å². The van der Waals surface area contributed by atoms with Crippen molar-refractivity contribution < 1.29 is 29.0 Å². The molecule has 134 valence electrons. The van der Waals surface area contributed by atoms with Crippen LogP contribution >= 0.6 is 0 Å². The summed E-state index contributed by atoms with van der Waals surface area (Å²) in [6, 6.07) is 5.08. The number of carboxylic acid groups (broad SMARTS) is 1. The van der Waals surface area contributed by atoms with Gasteiger partial charge in [-0.2, -0.15) is 0 Å². The van der Waals surface area contributed by atoms with Gasteiger partial charge in [-0.05, 0) is 25.0 Å². The average Bonchev–Trinajstić information content (AvgIpc) is 3.29. The van der Waals surface area contributed by atoms with Crippen LogP contribution in [0.25, 0.3) is 0 Å². The van der Waals surface area contributed by atoms with Crippen LogP contribution in [-0.2, 0) is 14.4 Å². The Hall–Kier alpha value is -2.77. The second-order valence-corrected chi connectivity index (χ2v) is 6.32. The van der Waals surface area contributed by atoms with Crippen molar-refractivity contribution in [1.82, 2.24) is 5.32 Å². The van der Waals surface area contributed by atoms with E-state index < -0.39 is 23.3 Å². The molecule has 1 aromatic rings. The van der Waals surface area contributed by atoms with Crippen molar-refractivity contribution in [1.29, 1.82) is 0 Å². The molecule has 25 heavy (non-hydrogen) atoms. The fraction of sp³-hybridized carbons (Fsp3) is 0.471. The van der Waals surface area contributed by atoms with Crippen molar-refractivity contribution in [3.8, 4) is 11.5 Å². The third-order valence-electron chi connectivity index (χ3n) is 4.70. The number of benzene rings is 1. The number of nitrogens with one attached hydrogen (secondary N) is 1. The third kappa shape index (κ3) is 3.11. The van der Waals surface area contributed by atoms with Gasteiger partial charge in [0.05, 0.1) is 25.8 Å². The molecule has 8 heteroatoms. The summed E-state index contributed by atoms with van der Waals surface area (Å²) < 4.78 is 10.5. The summed E-state index contributed by atoms with van der Waals surface area (Å²) >= 11 is 0. The first-order chi connectivity index (χ1) is 11.9. The summed E-state index contributed by atoms with van der Waals surface area (Å²) in [6.07, 6.45) is 0.881. The number of hydrogen-bond acceptors (Lipinski definition) is 5. The summed E-state index contributed by atoms with van der Waals surface area (Å²) in [5.74, 6) is -1.15. The van der Waals surface area contributed by atoms with Gasteiger partial charge in [-0.3, -0.25) is 9.59 Å². The monoisotopic (exact) mass is 348 g/mol. The van der Waals surface area contributed by atoms with Crippen molar-refractivity contribution in [3.05, 3.63) is 18.2 Å². The number of carbonyl (C=O) groups is 3. The smallest absolute Gasteiger partial charge is 0.329 e. The molecule has 1 unspecified atom stereocenters. The van der Waals surface area contributed by atoms with Crippen LogP contribution in [0, 0.1) is 5.92 Å². The topological polar surface area (TPSA) is 105 Å². The normalized spacial score (nSPS) is 21.0. The van der Waals surface area contributed by atoms with Crippen LogP contribution in [0.3, 0.4) is 0 Å². The van der Waals surface area contributed by atoms with E-state index in [9.17, 15) is 19.5 Å². The first-order valence-electron chi connectivity index (χ1n) is 7.98. The number of ether oxygens (including phenoxy) is 2. The Kier molecular flexibility index (Phi) is 4.28. The van der Waals surface area contributed by atoms with Crippen LogP contribution in [0.4, 0.5) is 5.69 Å². The molecule has 3 rings (SSSR count). The van der Waals surface area contributed by atoms with E-state index in [4.69, 9.17) is 9.47 Å². The quantitative estimate of drug-likeness (QED) is 0.787. The molecular weight excluding hydrogens is 328 g/mol. The lowest BCUT2D eigenvalue weighted by Crippen LogP contribution is -2.46. The predicted molar refractivity (Wildman–Crippen MR) is 87.7 cm³/mol. The second-order valence-electron chi connectivity index (χ2n) is 6.32. The third-order valence-corrected chi connectivity index (χ3v) is 4.70. The highest BCUT2D eigenvalue weighted by atomic mass is 16.5. The lowest BCUT2D eigenvalue weighted by atomic mass is 10.1. The highest BCUT2D eigenvalue weighted by molar-refractivity contribution is 6.02. The molecule has 0 aromatic heterocycles. The molecule has 1 aromatic carbocycles. The number of amides is 2. The van der Waals surface area contributed by atoms with E-state index in [0.717, 1.165) is 0 Å². The average molecular weight is 348 g/mol. The minimum atomic E-state index is -1.15. The zero-order valence-electron chi connectivity index (χ0n) is 14.1. The molecule has 2 fully saturated rings. The van der Waals surface area contributed by atoms with E-state index in [2.05, 4.69) is 5.32 Å². The summed E-state index contributed by atoms with van der Waals surface area (Å²) in [5, 5.41) is 11.8. The Morgan fingerprint density at radius 1 is 1.28 bits per heavy atom. The number of rotatable bonds is 6. The molecule has 8 nitrogen and oxygen atoms in total. The van der Waals surface area contributed by atoms with Gasteiger partial charge in [-0.1, -0.05) is 0 Å². The maximum atomic E-state index is 12.4. The van der Waals surface area contributed by atoms with Gasteiger partial charge in [0, 0.05) is 19.0 Å². The van der Waals surface area contributed by atoms with Crippen LogP contribution in [0.2, 0.25) is 0 Å². The number of anilines is 1. The minimum Gasteiger partial charge on any atom is -0.497 e. The minimum absolute atomic E-state index is 0.0384. The van der Waals surface area contributed by atoms with Crippen molar-refractivity contribution in [2.75, 3.05) is 25.7 Å². The molecule has 0 radical (unpaired) electrons. The Bertz CT molecular complexity index is 728. The zero-order chi connectivity index (χ0) is 18.2. The Morgan fingerprint density at radius 3 is 2.56 bits per heavy atom. The SMILES string of the molecule is COc1ccc(N2CC(C(=O)NC3(C(=O)O)CC3)CC2=O)c(OC)c1. The van der Waals surface area contributed by atoms with Gasteiger partial charge in [0.2, 0.25) is 11.8 Å². The molecule has 1 saturated carbocycles. The van der Waals surface area contributed by atoms with Gasteiger partial charge in [-0.25, -0.2) is 4.79 Å². The number of aliphatic carboxylic acids is 1. The Labute approximate surface area is 144 Å². The largest absolute Gasteiger partial charge is 0.497 e. The van der Waals surface area contributed by atoms with Gasteiger partial charge in [0.25, 0.3) is 0 Å². The van der Waals surface area contributed by atoms with E-state index in [1.807, 2.05) is 0 Å². The molecule has 1 heterocycles. The Balaban J connectivity index is 1.75. The fourth-order valence-electron chi connectivity index (χ4n) is 2.98. The second kappa shape index (κ2) is 6.27. The predicted octanol–water partition coefficient (Wildman–Crippen LogP) is 0.790. The molecule has 1 saturated heterocycles. The summed E-state index contributed by atoms with van der Waals surface area (Å²) in [4.78, 5) is 37.4. The molecule has 2 aliphatic rings. The molecular formula is C17H20N2O6. The summed E-state index contributed by atoms with van der Waals surface area (Å²) in [5.41, 5.74) is -0.589. The van der Waals surface area contributed by atoms with Crippen molar-refractivity contribution >= 4 is 23.5 Å². The first-order valence-corrected chi connectivity index (χ1v) is 7.98. The standard InChI is InChI=1S/C17H20N2O6/c1-24-11-3-4-12(13(8-11)25-2)19-9-10(7-14(19)20)15(21)18-17(5-6-17)16(22)23/h3-4,8,10H,5-7,9H2,1-2H3,(H,18,21)(H,22,23). The maximum absolute atomic E-state index is 12.4. The number of carbonyl (C=O) groups excluding carboxylic acids is 2. The number of carboxylic acids is 1. The van der Waals surface area contributed by atoms with Crippen LogP contribution < -0.4 is 19.7 Å². The van der Waals surface area contributed by atoms with Gasteiger partial charge in [0.1, 0.15) is 17.0 Å². The summed E-state index contributed by atoms with van der Waals surface area (Å²) in [6.45, 7) is 0.184. The van der Waals surface area contributed by atoms with Crippen molar-refractivity contribution in [2.24, 2.45) is 5.92 Å². The number of nitrogens with zero attached hydrogens (tertiary/aromatic N) is 1. The van der Waals surface area contributed by atoms with Gasteiger partial charge < -0.3 is 24.8 Å². The molecule has 0 bridgehead atoms. The highest BCUT2D eigenvalue weighted by Gasteiger charge is 2.53. The van der Waals surface area contributed by atoms with E-state index in [-0.39, 0.29) is 18.9 Å². The van der Waals surface area contributed by atoms with Crippen LogP contribution in [0.15, 0.2) is 18.2 Å². The molecule has 0 spiro atoms. The lowest BCUT2D eigenvalue weighted by molar-refractivity contribution is -0.143. The van der Waals surface area contributed by atoms with Crippen molar-refractivity contribution in [2.45, 2.75) is 24.8 Å². The molecule has 2 N–H and O–H groups in total. The molecule has 1 aliphatic heterocycles. The first kappa shape index (κ1) is 17.1. The van der Waals surface area contributed by atoms with Crippen LogP contribution in [0.5, 0.6) is 11.5 Å². The zero-order valence-corrected chi connectivity index (χ0v) is 14.1. The van der Waals surface area contributed by atoms with E-state index in [1.165, 1.54) is 19.1 Å². The summed E-state index contributed by atoms with van der Waals surface area (Å²) in [7, 11) is 3.03. The van der Waals surface area contributed by atoms with Crippen LogP contribution in [0.1, 0.15) is 19.3 Å². The van der Waals surface area contributed by atoms with Crippen LogP contribution in [-0.4, -0.2) is 49.2 Å². The lowest BCUT2D eigenvalue weighted by Gasteiger charge is -2.20. The fourth-order valence-corrected chi connectivity index (χ4v) is 2.98. The van der Waals surface area contributed by atoms with E-state index >= 15 is 0 Å². The molecule has 2 amide bonds. The van der Waals surface area contributed by atoms with Crippen molar-refractivity contribution in [3.63, 3.8) is 0 Å². The molecule has 1 atom stereocenters. The number of methoxy groups -OCH3 is 2. The highest BCUT2D eigenvalue weighted by Crippen LogP contribution is 2.38. The maximum Gasteiger partial charge on any atom is 0.329 e. The molecule has 1 aliphatic carbocycles. The van der Waals surface area contributed by atoms with Gasteiger partial charge in [-0.15, -0.1) is 0 Å². The van der Waals surface area contributed by atoms with E-state index in [1.54, 1.807) is 18.2 Å².